The van der Waals surface area contributed by atoms with Crippen molar-refractivity contribution in [2.75, 3.05) is 5.32 Å². The van der Waals surface area contributed by atoms with Crippen LogP contribution in [0.3, 0.4) is 0 Å². The number of fused-ring (bicyclic) bond motifs is 1. The summed E-state index contributed by atoms with van der Waals surface area (Å²) in [6.45, 7) is 1.59. The fourth-order valence-electron chi connectivity index (χ4n) is 3.84. The Labute approximate surface area is 217 Å². The molecule has 10 heteroatoms. The molecule has 4 rings (SSSR count). The second-order valence-corrected chi connectivity index (χ2v) is 9.85. The minimum atomic E-state index is -0.817. The van der Waals surface area contributed by atoms with Crippen LogP contribution in [0.2, 0.25) is 5.02 Å². The molecule has 0 fully saturated rings. The Morgan fingerprint density at radius 1 is 1.08 bits per heavy atom. The van der Waals surface area contributed by atoms with Gasteiger partial charge in [-0.05, 0) is 80.1 Å². The minimum Gasteiger partial charge on any atom is -0.481 e. The molecular formula is C26H25ClN4O4S. The third-order valence-corrected chi connectivity index (χ3v) is 7.16. The third-order valence-electron chi connectivity index (χ3n) is 5.70. The number of hydrazone groups is 1. The Morgan fingerprint density at radius 3 is 2.47 bits per heavy atom. The molecule has 0 radical (unpaired) electrons. The van der Waals surface area contributed by atoms with Gasteiger partial charge < -0.3 is 15.8 Å². The molecule has 2 aromatic carbocycles. The first-order valence-corrected chi connectivity index (χ1v) is 12.6. The van der Waals surface area contributed by atoms with Crippen molar-refractivity contribution in [3.05, 3.63) is 80.7 Å². The number of carbonyl (C=O) groups excluding carboxylic acids is 3. The molecule has 1 heterocycles. The van der Waals surface area contributed by atoms with Gasteiger partial charge in [0.2, 0.25) is 0 Å². The summed E-state index contributed by atoms with van der Waals surface area (Å²) in [5.41, 5.74) is 10.6. The van der Waals surface area contributed by atoms with Gasteiger partial charge in [0.25, 0.3) is 17.7 Å². The zero-order valence-corrected chi connectivity index (χ0v) is 21.1. The van der Waals surface area contributed by atoms with Gasteiger partial charge in [-0.1, -0.05) is 23.7 Å². The number of carbonyl (C=O) groups is 3. The first-order valence-electron chi connectivity index (χ1n) is 11.4. The number of benzene rings is 2. The number of nitrogens with zero attached hydrogens (tertiary/aromatic N) is 1. The average Bonchev–Trinajstić information content (AvgIpc) is 3.23. The van der Waals surface area contributed by atoms with Crippen molar-refractivity contribution in [2.24, 2.45) is 10.8 Å². The number of anilines is 1. The van der Waals surface area contributed by atoms with Crippen LogP contribution >= 0.6 is 22.9 Å². The third kappa shape index (κ3) is 6.10. The topological polar surface area (TPSA) is 123 Å². The predicted octanol–water partition coefficient (Wildman–Crippen LogP) is 4.55. The molecule has 1 atom stereocenters. The Balaban J connectivity index is 1.34. The van der Waals surface area contributed by atoms with Crippen molar-refractivity contribution in [1.82, 2.24) is 5.43 Å². The van der Waals surface area contributed by atoms with Crippen LogP contribution in [0.1, 0.15) is 56.5 Å². The first kappa shape index (κ1) is 25.4. The number of halogens is 1. The van der Waals surface area contributed by atoms with Crippen LogP contribution in [0.25, 0.3) is 0 Å². The van der Waals surface area contributed by atoms with Crippen LogP contribution < -0.4 is 21.2 Å². The number of thiophene rings is 1. The molecule has 1 aliphatic carbocycles. The minimum absolute atomic E-state index is 0.357. The van der Waals surface area contributed by atoms with Gasteiger partial charge >= 0.3 is 0 Å². The molecule has 0 bridgehead atoms. The van der Waals surface area contributed by atoms with E-state index in [0.717, 1.165) is 41.7 Å². The number of rotatable bonds is 8. The van der Waals surface area contributed by atoms with Crippen molar-refractivity contribution >= 4 is 51.9 Å². The van der Waals surface area contributed by atoms with E-state index in [9.17, 15) is 14.4 Å². The van der Waals surface area contributed by atoms with E-state index in [0.29, 0.717) is 26.9 Å². The van der Waals surface area contributed by atoms with E-state index in [1.807, 2.05) is 0 Å². The Morgan fingerprint density at radius 2 is 1.78 bits per heavy atom. The van der Waals surface area contributed by atoms with Crippen molar-refractivity contribution < 1.29 is 19.1 Å². The summed E-state index contributed by atoms with van der Waals surface area (Å²) >= 11 is 7.26. The number of primary amides is 1. The normalized spacial score (nSPS) is 13.6. The lowest BCUT2D eigenvalue weighted by Crippen LogP contribution is -2.33. The molecule has 3 aromatic rings. The lowest BCUT2D eigenvalue weighted by molar-refractivity contribution is -0.127. The monoisotopic (exact) mass is 524 g/mol. The molecular weight excluding hydrogens is 500 g/mol. The largest absolute Gasteiger partial charge is 0.481 e. The summed E-state index contributed by atoms with van der Waals surface area (Å²) in [5, 5.41) is 7.86. The van der Waals surface area contributed by atoms with Crippen molar-refractivity contribution in [3.63, 3.8) is 0 Å². The van der Waals surface area contributed by atoms with Gasteiger partial charge in [0, 0.05) is 15.5 Å². The Hall–Kier alpha value is -3.69. The van der Waals surface area contributed by atoms with Crippen LogP contribution in [0, 0.1) is 0 Å². The highest BCUT2D eigenvalue weighted by molar-refractivity contribution is 7.17. The summed E-state index contributed by atoms with van der Waals surface area (Å²) in [7, 11) is 0. The maximum absolute atomic E-state index is 12.8. The molecule has 0 saturated heterocycles. The maximum Gasteiger partial charge on any atom is 0.280 e. The number of amides is 3. The Bertz CT molecular complexity index is 1300. The predicted molar refractivity (Wildman–Crippen MR) is 141 cm³/mol. The number of nitrogens with one attached hydrogen (secondary N) is 2. The standard InChI is InChI=1S/C26H25ClN4O4S/c1-15(24(33)31-29-14-16-6-10-18(27)11-7-16)35-19-12-8-17(9-13-19)25(34)30-26-22(23(28)32)20-4-2-3-5-21(20)36-26/h6-15H,2-5H2,1H3,(H2,28,32)(H,30,34)(H,31,33)/b29-14-/t15-/m0/s1. The number of hydrogen-bond donors (Lipinski definition) is 3. The van der Waals surface area contributed by atoms with E-state index < -0.39 is 17.9 Å². The highest BCUT2D eigenvalue weighted by Gasteiger charge is 2.25. The molecule has 0 unspecified atom stereocenters. The number of nitrogens with two attached hydrogens (primary N) is 1. The van der Waals surface area contributed by atoms with E-state index in [2.05, 4.69) is 15.8 Å². The van der Waals surface area contributed by atoms with Crippen molar-refractivity contribution in [2.45, 2.75) is 38.7 Å². The molecule has 3 amide bonds. The molecule has 0 spiro atoms. The molecule has 1 aromatic heterocycles. The number of ether oxygens (including phenoxy) is 1. The second kappa shape index (κ2) is 11.4. The van der Waals surface area contributed by atoms with Crippen molar-refractivity contribution in [3.8, 4) is 5.75 Å². The first-order chi connectivity index (χ1) is 17.3. The summed E-state index contributed by atoms with van der Waals surface area (Å²) in [4.78, 5) is 38.2. The van der Waals surface area contributed by atoms with E-state index in [-0.39, 0.29) is 5.91 Å². The molecule has 4 N–H and O–H groups in total. The van der Waals surface area contributed by atoms with Crippen LogP contribution in [0.15, 0.2) is 53.6 Å². The summed E-state index contributed by atoms with van der Waals surface area (Å²) in [6, 6.07) is 13.4. The molecule has 0 aliphatic heterocycles. The number of aryl methyl sites for hydroxylation is 1. The Kier molecular flexibility index (Phi) is 8.02. The van der Waals surface area contributed by atoms with Crippen molar-refractivity contribution in [1.29, 1.82) is 0 Å². The van der Waals surface area contributed by atoms with Crippen LogP contribution in [0.4, 0.5) is 5.00 Å². The van der Waals surface area contributed by atoms with E-state index in [1.165, 1.54) is 17.6 Å². The van der Waals surface area contributed by atoms with Gasteiger partial charge in [-0.15, -0.1) is 11.3 Å². The molecule has 186 valence electrons. The lowest BCUT2D eigenvalue weighted by Gasteiger charge is -2.13. The van der Waals surface area contributed by atoms with E-state index in [1.54, 1.807) is 55.5 Å². The maximum atomic E-state index is 12.8. The molecule has 0 saturated carbocycles. The summed E-state index contributed by atoms with van der Waals surface area (Å²) < 4.78 is 5.66. The fourth-order valence-corrected chi connectivity index (χ4v) is 5.26. The zero-order chi connectivity index (χ0) is 25.7. The van der Waals surface area contributed by atoms with Gasteiger partial charge in [-0.3, -0.25) is 14.4 Å². The average molecular weight is 525 g/mol. The molecule has 36 heavy (non-hydrogen) atoms. The molecule has 8 nitrogen and oxygen atoms in total. The highest BCUT2D eigenvalue weighted by atomic mass is 35.5. The van der Waals surface area contributed by atoms with E-state index >= 15 is 0 Å². The van der Waals surface area contributed by atoms with Crippen LogP contribution in [0.5, 0.6) is 5.75 Å². The SMILES string of the molecule is C[C@H](Oc1ccc(C(=O)Nc2sc3c(c2C(N)=O)CCCC3)cc1)C(=O)N/N=C\c1ccc(Cl)cc1. The van der Waals surface area contributed by atoms with Gasteiger partial charge in [-0.25, -0.2) is 5.43 Å². The van der Waals surface area contributed by atoms with Gasteiger partial charge in [0.15, 0.2) is 6.10 Å². The van der Waals surface area contributed by atoms with Crippen LogP contribution in [-0.2, 0) is 17.6 Å². The summed E-state index contributed by atoms with van der Waals surface area (Å²) in [6.07, 6.45) is 4.44. The molecule has 1 aliphatic rings. The zero-order valence-electron chi connectivity index (χ0n) is 19.5. The number of hydrogen-bond acceptors (Lipinski definition) is 6. The van der Waals surface area contributed by atoms with Gasteiger partial charge in [0.1, 0.15) is 10.8 Å². The summed E-state index contributed by atoms with van der Waals surface area (Å²) in [5.74, 6) is -0.897. The van der Waals surface area contributed by atoms with Gasteiger partial charge in [0.05, 0.1) is 11.8 Å². The quantitative estimate of drug-likeness (QED) is 0.295. The van der Waals surface area contributed by atoms with Gasteiger partial charge in [-0.2, -0.15) is 5.10 Å². The lowest BCUT2D eigenvalue weighted by atomic mass is 9.95. The fraction of sp³-hybridized carbons (Fsp3) is 0.231. The van der Waals surface area contributed by atoms with Crippen LogP contribution in [-0.4, -0.2) is 30.0 Å². The highest BCUT2D eigenvalue weighted by Crippen LogP contribution is 2.38. The second-order valence-electron chi connectivity index (χ2n) is 8.30. The smallest absolute Gasteiger partial charge is 0.280 e. The van der Waals surface area contributed by atoms with E-state index in [4.69, 9.17) is 22.1 Å².